The Morgan fingerprint density at radius 1 is 1.11 bits per heavy atom. The number of aryl methyl sites for hydroxylation is 2. The van der Waals surface area contributed by atoms with Gasteiger partial charge in [-0.3, -0.25) is 10.1 Å². The summed E-state index contributed by atoms with van der Waals surface area (Å²) in [4.78, 5) is 12.8. The number of aromatic nitrogens is 2. The summed E-state index contributed by atoms with van der Waals surface area (Å²) in [5.41, 5.74) is 3.72. The molecule has 28 heavy (non-hydrogen) atoms. The third-order valence-electron chi connectivity index (χ3n) is 4.46. The minimum Gasteiger partial charge on any atom is -0.494 e. The Hall–Kier alpha value is -3.61. The van der Waals surface area contributed by atoms with Crippen LogP contribution < -0.4 is 10.1 Å². The molecule has 0 bridgehead atoms. The first kappa shape index (κ1) is 17.8. The van der Waals surface area contributed by atoms with Crippen molar-refractivity contribution in [1.29, 1.82) is 0 Å². The Balaban J connectivity index is 1.61. The van der Waals surface area contributed by atoms with E-state index in [-0.39, 0.29) is 11.6 Å². The van der Waals surface area contributed by atoms with Crippen molar-refractivity contribution < 1.29 is 18.6 Å². The van der Waals surface area contributed by atoms with Gasteiger partial charge in [0, 0.05) is 16.5 Å². The first-order chi connectivity index (χ1) is 13.6. The van der Waals surface area contributed by atoms with Crippen LogP contribution in [0.25, 0.3) is 22.2 Å². The highest BCUT2D eigenvalue weighted by Gasteiger charge is 2.21. The summed E-state index contributed by atoms with van der Waals surface area (Å²) in [6.07, 6.45) is 0. The van der Waals surface area contributed by atoms with Crippen LogP contribution in [0.1, 0.15) is 28.6 Å². The van der Waals surface area contributed by atoms with E-state index in [4.69, 9.17) is 13.8 Å². The van der Waals surface area contributed by atoms with Crippen LogP contribution in [0, 0.1) is 13.8 Å². The number of furan rings is 1. The maximum Gasteiger partial charge on any atom is 0.292 e. The van der Waals surface area contributed by atoms with Gasteiger partial charge in [-0.25, -0.2) is 4.63 Å². The first-order valence-electron chi connectivity index (χ1n) is 8.93. The molecule has 0 spiro atoms. The van der Waals surface area contributed by atoms with Gasteiger partial charge in [0.25, 0.3) is 5.91 Å². The second kappa shape index (κ2) is 7.19. The van der Waals surface area contributed by atoms with Crippen molar-refractivity contribution in [3.05, 3.63) is 59.4 Å². The van der Waals surface area contributed by atoms with E-state index >= 15 is 0 Å². The second-order valence-electron chi connectivity index (χ2n) is 6.43. The number of carbonyl (C=O) groups is 1. The molecule has 4 aromatic rings. The summed E-state index contributed by atoms with van der Waals surface area (Å²) < 4.78 is 16.0. The van der Waals surface area contributed by atoms with Gasteiger partial charge in [-0.1, -0.05) is 11.6 Å². The molecule has 0 fully saturated rings. The normalized spacial score (nSPS) is 11.0. The van der Waals surface area contributed by atoms with E-state index in [1.54, 1.807) is 0 Å². The first-order valence-corrected chi connectivity index (χ1v) is 8.93. The molecular weight excluding hydrogens is 358 g/mol. The van der Waals surface area contributed by atoms with Crippen LogP contribution in [0.3, 0.4) is 0 Å². The van der Waals surface area contributed by atoms with Gasteiger partial charge in [0.2, 0.25) is 5.82 Å². The fraction of sp³-hybridized carbons (Fsp3) is 0.190. The maximum absolute atomic E-state index is 12.8. The molecule has 0 atom stereocenters. The standard InChI is InChI=1S/C21H19N3O4/c1-4-26-15-8-6-14(7-9-15)18-20(24-28-23-18)22-21(25)19-13(3)16-11-12(2)5-10-17(16)27-19/h5-11H,4H2,1-3H3,(H,22,24,25). The predicted octanol–water partition coefficient (Wildman–Crippen LogP) is 4.75. The summed E-state index contributed by atoms with van der Waals surface area (Å²) >= 11 is 0. The van der Waals surface area contributed by atoms with Crippen LogP contribution in [-0.4, -0.2) is 22.8 Å². The number of ether oxygens (including phenoxy) is 1. The number of carbonyl (C=O) groups excluding carboxylic acids is 1. The highest BCUT2D eigenvalue weighted by atomic mass is 16.6. The van der Waals surface area contributed by atoms with Crippen LogP contribution in [-0.2, 0) is 0 Å². The average Bonchev–Trinajstić information content (AvgIpc) is 3.27. The summed E-state index contributed by atoms with van der Waals surface area (Å²) in [6.45, 7) is 6.36. The van der Waals surface area contributed by atoms with Crippen molar-refractivity contribution in [3.8, 4) is 17.0 Å². The summed E-state index contributed by atoms with van der Waals surface area (Å²) in [7, 11) is 0. The topological polar surface area (TPSA) is 90.4 Å². The number of hydrogen-bond donors (Lipinski definition) is 1. The molecule has 0 saturated heterocycles. The van der Waals surface area contributed by atoms with Gasteiger partial charge in [-0.2, -0.15) is 0 Å². The fourth-order valence-electron chi connectivity index (χ4n) is 3.05. The van der Waals surface area contributed by atoms with Gasteiger partial charge in [-0.15, -0.1) is 0 Å². The Morgan fingerprint density at radius 3 is 2.64 bits per heavy atom. The molecule has 0 aliphatic heterocycles. The third-order valence-corrected chi connectivity index (χ3v) is 4.46. The predicted molar refractivity (Wildman–Crippen MR) is 105 cm³/mol. The van der Waals surface area contributed by atoms with E-state index in [1.807, 2.05) is 63.2 Å². The number of anilines is 1. The molecule has 0 unspecified atom stereocenters. The van der Waals surface area contributed by atoms with E-state index in [0.29, 0.717) is 17.9 Å². The van der Waals surface area contributed by atoms with Crippen molar-refractivity contribution in [2.24, 2.45) is 0 Å². The van der Waals surface area contributed by atoms with Crippen LogP contribution >= 0.6 is 0 Å². The molecule has 7 heteroatoms. The quantitative estimate of drug-likeness (QED) is 0.540. The molecule has 7 nitrogen and oxygen atoms in total. The Morgan fingerprint density at radius 2 is 1.89 bits per heavy atom. The van der Waals surface area contributed by atoms with Crippen molar-refractivity contribution in [1.82, 2.24) is 10.3 Å². The van der Waals surface area contributed by atoms with Crippen molar-refractivity contribution in [2.75, 3.05) is 11.9 Å². The van der Waals surface area contributed by atoms with E-state index in [1.165, 1.54) is 0 Å². The van der Waals surface area contributed by atoms with Crippen molar-refractivity contribution >= 4 is 22.7 Å². The number of nitrogens with one attached hydrogen (secondary N) is 1. The molecule has 2 aromatic carbocycles. The molecular formula is C21H19N3O4. The molecule has 142 valence electrons. The van der Waals surface area contributed by atoms with Gasteiger partial charge < -0.3 is 9.15 Å². The number of fused-ring (bicyclic) bond motifs is 1. The monoisotopic (exact) mass is 377 g/mol. The van der Waals surface area contributed by atoms with Crippen LogP contribution in [0.15, 0.2) is 51.5 Å². The zero-order valence-electron chi connectivity index (χ0n) is 15.8. The number of benzene rings is 2. The molecule has 0 aliphatic rings. The number of amides is 1. The van der Waals surface area contributed by atoms with Gasteiger partial charge in [0.15, 0.2) is 11.5 Å². The molecule has 0 radical (unpaired) electrons. The SMILES string of the molecule is CCOc1ccc(-c2nonc2NC(=O)c2oc3ccc(C)cc3c2C)cc1. The minimum atomic E-state index is -0.408. The number of nitrogens with zero attached hydrogens (tertiary/aromatic N) is 2. The average molecular weight is 377 g/mol. The molecule has 1 N–H and O–H groups in total. The number of hydrogen-bond acceptors (Lipinski definition) is 6. The highest BCUT2D eigenvalue weighted by Crippen LogP contribution is 2.29. The Labute approximate surface area is 161 Å². The maximum atomic E-state index is 12.8. The summed E-state index contributed by atoms with van der Waals surface area (Å²) in [5, 5.41) is 11.4. The second-order valence-corrected chi connectivity index (χ2v) is 6.43. The van der Waals surface area contributed by atoms with Crippen molar-refractivity contribution in [3.63, 3.8) is 0 Å². The molecule has 2 heterocycles. The summed E-state index contributed by atoms with van der Waals surface area (Å²) in [5.74, 6) is 0.808. The lowest BCUT2D eigenvalue weighted by Crippen LogP contribution is -2.13. The van der Waals surface area contributed by atoms with Crippen LogP contribution in [0.5, 0.6) is 5.75 Å². The van der Waals surface area contributed by atoms with E-state index in [2.05, 4.69) is 15.6 Å². The van der Waals surface area contributed by atoms with Crippen LogP contribution in [0.4, 0.5) is 5.82 Å². The van der Waals surface area contributed by atoms with Gasteiger partial charge >= 0.3 is 0 Å². The molecule has 0 saturated carbocycles. The van der Waals surface area contributed by atoms with E-state index < -0.39 is 5.91 Å². The van der Waals surface area contributed by atoms with Crippen molar-refractivity contribution in [2.45, 2.75) is 20.8 Å². The number of rotatable bonds is 5. The lowest BCUT2D eigenvalue weighted by atomic mass is 10.1. The zero-order chi connectivity index (χ0) is 19.7. The van der Waals surface area contributed by atoms with Crippen LogP contribution in [0.2, 0.25) is 0 Å². The fourth-order valence-corrected chi connectivity index (χ4v) is 3.05. The highest BCUT2D eigenvalue weighted by molar-refractivity contribution is 6.07. The smallest absolute Gasteiger partial charge is 0.292 e. The lowest BCUT2D eigenvalue weighted by Gasteiger charge is -2.04. The Bertz CT molecular complexity index is 1140. The minimum absolute atomic E-state index is 0.227. The summed E-state index contributed by atoms with van der Waals surface area (Å²) in [6, 6.07) is 13.1. The third kappa shape index (κ3) is 3.22. The van der Waals surface area contributed by atoms with E-state index in [9.17, 15) is 4.79 Å². The molecule has 0 aliphatic carbocycles. The van der Waals surface area contributed by atoms with Gasteiger partial charge in [0.1, 0.15) is 11.3 Å². The van der Waals surface area contributed by atoms with Gasteiger partial charge in [-0.05, 0) is 67.5 Å². The molecule has 2 aromatic heterocycles. The lowest BCUT2D eigenvalue weighted by molar-refractivity contribution is 0.0997. The van der Waals surface area contributed by atoms with Gasteiger partial charge in [0.05, 0.1) is 6.61 Å². The molecule has 1 amide bonds. The Kier molecular flexibility index (Phi) is 4.57. The van der Waals surface area contributed by atoms with E-state index in [0.717, 1.165) is 27.8 Å². The largest absolute Gasteiger partial charge is 0.494 e. The molecule has 4 rings (SSSR count). The zero-order valence-corrected chi connectivity index (χ0v) is 15.8.